The minimum atomic E-state index is 0.514. The average Bonchev–Trinajstić information content (AvgIpc) is 3.30. The zero-order valence-corrected chi connectivity index (χ0v) is 11.9. The lowest BCUT2D eigenvalue weighted by molar-refractivity contribution is 0.925. The van der Waals surface area contributed by atoms with E-state index in [0.29, 0.717) is 24.0 Å². The first-order valence-corrected chi connectivity index (χ1v) is 7.23. The Kier molecular flexibility index (Phi) is 3.85. The maximum Gasteiger partial charge on any atom is 0.132 e. The van der Waals surface area contributed by atoms with Gasteiger partial charge in [-0.15, -0.1) is 0 Å². The van der Waals surface area contributed by atoms with E-state index in [1.54, 1.807) is 0 Å². The Balaban J connectivity index is 2.04. The quantitative estimate of drug-likeness (QED) is 0.887. The maximum absolute atomic E-state index is 6.30. The lowest BCUT2D eigenvalue weighted by Gasteiger charge is -2.12. The van der Waals surface area contributed by atoms with Gasteiger partial charge in [0.05, 0.1) is 22.6 Å². The Morgan fingerprint density at radius 2 is 2.10 bits per heavy atom. The first-order chi connectivity index (χ1) is 9.79. The molecule has 0 aliphatic heterocycles. The Hall–Kier alpha value is -1.65. The van der Waals surface area contributed by atoms with Crippen molar-refractivity contribution in [1.29, 1.82) is 0 Å². The number of hydrogen-bond donors (Lipinski definition) is 2. The number of nitrogens with one attached hydrogen (secondary N) is 1. The van der Waals surface area contributed by atoms with Crippen LogP contribution in [0.1, 0.15) is 24.6 Å². The average molecular weight is 289 g/mol. The molecule has 1 heterocycles. The molecule has 0 bridgehead atoms. The molecular formula is C15H17ClN4. The molecule has 1 aliphatic carbocycles. The molecule has 104 valence electrons. The van der Waals surface area contributed by atoms with Gasteiger partial charge in [0.25, 0.3) is 0 Å². The predicted molar refractivity (Wildman–Crippen MR) is 82.0 cm³/mol. The highest BCUT2D eigenvalue weighted by Gasteiger charge is 2.27. The van der Waals surface area contributed by atoms with E-state index in [-0.39, 0.29) is 0 Å². The topological polar surface area (TPSA) is 63.8 Å². The molecule has 0 radical (unpaired) electrons. The first-order valence-electron chi connectivity index (χ1n) is 6.85. The second-order valence-electron chi connectivity index (χ2n) is 4.96. The SMILES string of the molecule is NCCNc1cnc(C2CC2)nc1-c1ccccc1Cl. The van der Waals surface area contributed by atoms with Gasteiger partial charge < -0.3 is 11.1 Å². The third-order valence-corrected chi connectivity index (χ3v) is 3.67. The van der Waals surface area contributed by atoms with E-state index in [1.807, 2.05) is 30.5 Å². The molecule has 1 aromatic carbocycles. The van der Waals surface area contributed by atoms with Gasteiger partial charge in [-0.2, -0.15) is 0 Å². The van der Waals surface area contributed by atoms with E-state index in [0.717, 1.165) is 22.8 Å². The molecule has 2 aromatic rings. The van der Waals surface area contributed by atoms with Crippen molar-refractivity contribution in [3.05, 3.63) is 41.3 Å². The zero-order valence-electron chi connectivity index (χ0n) is 11.1. The summed E-state index contributed by atoms with van der Waals surface area (Å²) < 4.78 is 0. The van der Waals surface area contributed by atoms with Crippen molar-refractivity contribution in [2.45, 2.75) is 18.8 Å². The fourth-order valence-corrected chi connectivity index (χ4v) is 2.35. The Bertz CT molecular complexity index is 611. The van der Waals surface area contributed by atoms with Gasteiger partial charge in [0, 0.05) is 24.6 Å². The molecule has 0 amide bonds. The number of nitrogens with two attached hydrogens (primary N) is 1. The third-order valence-electron chi connectivity index (χ3n) is 3.34. The van der Waals surface area contributed by atoms with Crippen LogP contribution in [-0.4, -0.2) is 23.1 Å². The van der Waals surface area contributed by atoms with Gasteiger partial charge in [-0.1, -0.05) is 29.8 Å². The summed E-state index contributed by atoms with van der Waals surface area (Å²) in [6.45, 7) is 1.25. The lowest BCUT2D eigenvalue weighted by Crippen LogP contribution is -2.14. The second kappa shape index (κ2) is 5.77. The molecule has 3 rings (SSSR count). The normalized spacial score (nSPS) is 14.3. The Morgan fingerprint density at radius 3 is 2.80 bits per heavy atom. The first kappa shape index (κ1) is 13.3. The van der Waals surface area contributed by atoms with Crippen LogP contribution in [0, 0.1) is 0 Å². The summed E-state index contributed by atoms with van der Waals surface area (Å²) in [4.78, 5) is 9.17. The molecule has 0 atom stereocenters. The third kappa shape index (κ3) is 2.76. The fourth-order valence-electron chi connectivity index (χ4n) is 2.13. The van der Waals surface area contributed by atoms with Crippen LogP contribution in [0.2, 0.25) is 5.02 Å². The van der Waals surface area contributed by atoms with Crippen LogP contribution in [-0.2, 0) is 0 Å². The van der Waals surface area contributed by atoms with Crippen LogP contribution >= 0.6 is 11.6 Å². The molecule has 3 N–H and O–H groups in total. The summed E-state index contributed by atoms with van der Waals surface area (Å²) in [6, 6.07) is 7.74. The number of halogens is 1. The molecule has 0 unspecified atom stereocenters. The van der Waals surface area contributed by atoms with E-state index in [1.165, 1.54) is 12.8 Å². The number of rotatable bonds is 5. The summed E-state index contributed by atoms with van der Waals surface area (Å²) in [5.41, 5.74) is 8.23. The summed E-state index contributed by atoms with van der Waals surface area (Å²) in [5.74, 6) is 1.43. The smallest absolute Gasteiger partial charge is 0.132 e. The number of benzene rings is 1. The lowest BCUT2D eigenvalue weighted by atomic mass is 10.1. The van der Waals surface area contributed by atoms with Gasteiger partial charge in [0.2, 0.25) is 0 Å². The van der Waals surface area contributed by atoms with Crippen molar-refractivity contribution in [2.24, 2.45) is 5.73 Å². The molecule has 1 saturated carbocycles. The molecule has 1 fully saturated rings. The van der Waals surface area contributed by atoms with E-state index in [9.17, 15) is 0 Å². The number of anilines is 1. The minimum absolute atomic E-state index is 0.514. The van der Waals surface area contributed by atoms with Crippen LogP contribution in [0.15, 0.2) is 30.5 Å². The van der Waals surface area contributed by atoms with Crippen LogP contribution in [0.3, 0.4) is 0 Å². The Morgan fingerprint density at radius 1 is 1.30 bits per heavy atom. The Labute approximate surface area is 123 Å². The molecule has 4 nitrogen and oxygen atoms in total. The predicted octanol–water partition coefficient (Wildman–Crippen LogP) is 3.05. The summed E-state index contributed by atoms with van der Waals surface area (Å²) in [6.07, 6.45) is 4.20. The molecule has 1 aliphatic rings. The molecule has 0 saturated heterocycles. The highest BCUT2D eigenvalue weighted by Crippen LogP contribution is 2.40. The van der Waals surface area contributed by atoms with Gasteiger partial charge in [0.1, 0.15) is 5.82 Å². The number of hydrogen-bond acceptors (Lipinski definition) is 4. The van der Waals surface area contributed by atoms with Gasteiger partial charge in [-0.05, 0) is 18.9 Å². The van der Waals surface area contributed by atoms with Gasteiger partial charge in [-0.25, -0.2) is 9.97 Å². The fraction of sp³-hybridized carbons (Fsp3) is 0.333. The van der Waals surface area contributed by atoms with Crippen LogP contribution in [0.5, 0.6) is 0 Å². The standard InChI is InChI=1S/C15H17ClN4/c16-12-4-2-1-3-11(12)14-13(18-8-7-17)9-19-15(20-14)10-5-6-10/h1-4,9-10,18H,5-8,17H2. The van der Waals surface area contributed by atoms with Crippen molar-refractivity contribution >= 4 is 17.3 Å². The largest absolute Gasteiger partial charge is 0.381 e. The monoisotopic (exact) mass is 288 g/mol. The van der Waals surface area contributed by atoms with E-state index in [4.69, 9.17) is 22.3 Å². The number of nitrogens with zero attached hydrogens (tertiary/aromatic N) is 2. The maximum atomic E-state index is 6.30. The highest BCUT2D eigenvalue weighted by atomic mass is 35.5. The molecule has 20 heavy (non-hydrogen) atoms. The van der Waals surface area contributed by atoms with Crippen molar-refractivity contribution in [1.82, 2.24) is 9.97 Å². The van der Waals surface area contributed by atoms with Crippen molar-refractivity contribution in [3.63, 3.8) is 0 Å². The minimum Gasteiger partial charge on any atom is -0.381 e. The summed E-state index contributed by atoms with van der Waals surface area (Å²) in [7, 11) is 0. The van der Waals surface area contributed by atoms with E-state index >= 15 is 0 Å². The number of aromatic nitrogens is 2. The van der Waals surface area contributed by atoms with Gasteiger partial charge >= 0.3 is 0 Å². The van der Waals surface area contributed by atoms with Crippen LogP contribution < -0.4 is 11.1 Å². The van der Waals surface area contributed by atoms with Gasteiger partial charge in [-0.3, -0.25) is 0 Å². The molecule has 1 aromatic heterocycles. The van der Waals surface area contributed by atoms with Gasteiger partial charge in [0.15, 0.2) is 0 Å². The molecule has 0 spiro atoms. The van der Waals surface area contributed by atoms with Crippen molar-refractivity contribution < 1.29 is 0 Å². The van der Waals surface area contributed by atoms with Crippen molar-refractivity contribution in [3.8, 4) is 11.3 Å². The molecular weight excluding hydrogens is 272 g/mol. The highest BCUT2D eigenvalue weighted by molar-refractivity contribution is 6.33. The van der Waals surface area contributed by atoms with Crippen LogP contribution in [0.4, 0.5) is 5.69 Å². The summed E-state index contributed by atoms with van der Waals surface area (Å²) >= 11 is 6.30. The zero-order chi connectivity index (χ0) is 13.9. The van der Waals surface area contributed by atoms with Crippen LogP contribution in [0.25, 0.3) is 11.3 Å². The molecule has 5 heteroatoms. The van der Waals surface area contributed by atoms with E-state index in [2.05, 4.69) is 10.3 Å². The summed E-state index contributed by atoms with van der Waals surface area (Å²) in [5, 5.41) is 3.96. The second-order valence-corrected chi connectivity index (χ2v) is 5.37. The van der Waals surface area contributed by atoms with E-state index < -0.39 is 0 Å². The van der Waals surface area contributed by atoms with Crippen molar-refractivity contribution in [2.75, 3.05) is 18.4 Å².